The number of aromatic hydroxyl groups is 1. The number of alkyl halides is 2. The van der Waals surface area contributed by atoms with Crippen LogP contribution < -0.4 is 5.43 Å². The molecule has 1 aromatic rings. The van der Waals surface area contributed by atoms with Crippen LogP contribution in [-0.2, 0) is 6.61 Å². The summed E-state index contributed by atoms with van der Waals surface area (Å²) in [7, 11) is 0. The van der Waals surface area contributed by atoms with E-state index >= 15 is 0 Å². The lowest BCUT2D eigenvalue weighted by atomic mass is 10.2. The molecule has 1 heterocycles. The molecule has 6 heteroatoms. The Morgan fingerprint density at radius 2 is 2.15 bits per heavy atom. The van der Waals surface area contributed by atoms with Gasteiger partial charge in [0.05, 0.1) is 17.9 Å². The zero-order chi connectivity index (χ0) is 10.0. The quantitative estimate of drug-likeness (QED) is 0.637. The summed E-state index contributed by atoms with van der Waals surface area (Å²) >= 11 is 0. The first kappa shape index (κ1) is 9.66. The first-order chi connectivity index (χ1) is 6.07. The average molecular weight is 191 g/mol. The van der Waals surface area contributed by atoms with Crippen molar-refractivity contribution in [2.75, 3.05) is 0 Å². The molecule has 0 atom stereocenters. The Balaban J connectivity index is 3.32. The molecule has 3 N–H and O–H groups in total. The lowest BCUT2D eigenvalue weighted by Crippen LogP contribution is -2.12. The molecule has 0 aromatic carbocycles. The lowest BCUT2D eigenvalue weighted by molar-refractivity contribution is 0.149. The van der Waals surface area contributed by atoms with Gasteiger partial charge in [-0.15, -0.1) is 0 Å². The van der Waals surface area contributed by atoms with Crippen molar-refractivity contribution in [1.29, 1.82) is 0 Å². The van der Waals surface area contributed by atoms with Gasteiger partial charge in [0, 0.05) is 6.20 Å². The minimum absolute atomic E-state index is 0.172. The second-order valence-corrected chi connectivity index (χ2v) is 2.36. The molecule has 0 aliphatic heterocycles. The highest BCUT2D eigenvalue weighted by Crippen LogP contribution is 2.17. The molecule has 72 valence electrons. The van der Waals surface area contributed by atoms with Gasteiger partial charge in [-0.2, -0.15) is 0 Å². The van der Waals surface area contributed by atoms with E-state index in [9.17, 15) is 13.6 Å². The van der Waals surface area contributed by atoms with Crippen LogP contribution in [0.25, 0.3) is 0 Å². The van der Waals surface area contributed by atoms with Crippen molar-refractivity contribution in [1.82, 2.24) is 4.98 Å². The van der Waals surface area contributed by atoms with Crippen molar-refractivity contribution >= 4 is 0 Å². The number of pyridine rings is 1. The van der Waals surface area contributed by atoms with Crippen LogP contribution in [0.4, 0.5) is 8.78 Å². The summed E-state index contributed by atoms with van der Waals surface area (Å²) in [5.74, 6) is -0.861. The topological polar surface area (TPSA) is 73.3 Å². The standard InChI is InChI=1S/C7H7F2NO3/c8-7(9)3-1-10-4(2-11)6(13)5(3)12/h1,7,11,13H,2H2,(H,10,12). The number of halogens is 2. The molecule has 1 aromatic heterocycles. The second kappa shape index (κ2) is 3.53. The Labute approximate surface area is 71.5 Å². The normalized spacial score (nSPS) is 10.8. The number of aliphatic hydroxyl groups excluding tert-OH is 1. The maximum absolute atomic E-state index is 12.0. The van der Waals surface area contributed by atoms with Gasteiger partial charge >= 0.3 is 0 Å². The Morgan fingerprint density at radius 3 is 2.62 bits per heavy atom. The third-order valence-electron chi connectivity index (χ3n) is 1.56. The van der Waals surface area contributed by atoms with Gasteiger partial charge in [-0.1, -0.05) is 0 Å². The van der Waals surface area contributed by atoms with Crippen LogP contribution in [0.5, 0.6) is 5.75 Å². The number of aromatic nitrogens is 1. The third kappa shape index (κ3) is 1.67. The average Bonchev–Trinajstić information content (AvgIpc) is 2.09. The fraction of sp³-hybridized carbons (Fsp3) is 0.286. The van der Waals surface area contributed by atoms with Gasteiger partial charge in [0.2, 0.25) is 5.43 Å². The highest BCUT2D eigenvalue weighted by atomic mass is 19.3. The molecule has 0 saturated carbocycles. The monoisotopic (exact) mass is 191 g/mol. The molecule has 13 heavy (non-hydrogen) atoms. The molecule has 1 rings (SSSR count). The molecule has 0 aliphatic carbocycles. The summed E-state index contributed by atoms with van der Waals surface area (Å²) in [4.78, 5) is 13.1. The van der Waals surface area contributed by atoms with E-state index in [2.05, 4.69) is 4.98 Å². The van der Waals surface area contributed by atoms with E-state index in [1.807, 2.05) is 0 Å². The van der Waals surface area contributed by atoms with Crippen LogP contribution >= 0.6 is 0 Å². The zero-order valence-corrected chi connectivity index (χ0v) is 6.42. The van der Waals surface area contributed by atoms with Crippen molar-refractivity contribution in [3.8, 4) is 5.75 Å². The lowest BCUT2D eigenvalue weighted by Gasteiger charge is -2.03. The molecule has 0 fully saturated rings. The minimum atomic E-state index is -2.94. The molecule has 0 aliphatic rings. The summed E-state index contributed by atoms with van der Waals surface area (Å²) in [6, 6.07) is 0. The van der Waals surface area contributed by atoms with Crippen LogP contribution in [0.3, 0.4) is 0 Å². The third-order valence-corrected chi connectivity index (χ3v) is 1.56. The maximum atomic E-state index is 12.0. The van der Waals surface area contributed by atoms with Crippen molar-refractivity contribution in [2.24, 2.45) is 0 Å². The second-order valence-electron chi connectivity index (χ2n) is 2.36. The molecule has 0 spiro atoms. The molecule has 0 amide bonds. The Bertz CT molecular complexity index is 361. The van der Waals surface area contributed by atoms with E-state index < -0.39 is 29.8 Å². The van der Waals surface area contributed by atoms with Crippen molar-refractivity contribution in [3.05, 3.63) is 27.7 Å². The van der Waals surface area contributed by atoms with Crippen molar-refractivity contribution in [3.63, 3.8) is 0 Å². The van der Waals surface area contributed by atoms with Crippen LogP contribution in [0.2, 0.25) is 0 Å². The van der Waals surface area contributed by atoms with E-state index in [1.54, 1.807) is 0 Å². The number of H-pyrrole nitrogens is 1. The molecule has 0 radical (unpaired) electrons. The number of rotatable bonds is 2. The largest absolute Gasteiger partial charge is 0.503 e. The zero-order valence-electron chi connectivity index (χ0n) is 6.42. The highest BCUT2D eigenvalue weighted by Gasteiger charge is 2.16. The summed E-state index contributed by atoms with van der Waals surface area (Å²) in [5.41, 5.74) is -2.14. The molecular formula is C7H7F2NO3. The molecular weight excluding hydrogens is 184 g/mol. The Kier molecular flexibility index (Phi) is 2.62. The van der Waals surface area contributed by atoms with Gasteiger partial charge in [-0.25, -0.2) is 8.78 Å². The van der Waals surface area contributed by atoms with Crippen molar-refractivity contribution in [2.45, 2.75) is 13.0 Å². The summed E-state index contributed by atoms with van der Waals surface area (Å²) in [6.07, 6.45) is -2.17. The molecule has 0 bridgehead atoms. The fourth-order valence-corrected chi connectivity index (χ4v) is 0.855. The van der Waals surface area contributed by atoms with Gasteiger partial charge in [-0.05, 0) is 0 Å². The van der Waals surface area contributed by atoms with E-state index in [1.165, 1.54) is 0 Å². The fourth-order valence-electron chi connectivity index (χ4n) is 0.855. The first-order valence-electron chi connectivity index (χ1n) is 3.40. The summed E-state index contributed by atoms with van der Waals surface area (Å²) in [5, 5.41) is 17.5. The van der Waals surface area contributed by atoms with Crippen LogP contribution in [0.15, 0.2) is 11.0 Å². The minimum Gasteiger partial charge on any atom is -0.503 e. The van der Waals surface area contributed by atoms with E-state index in [0.717, 1.165) is 6.20 Å². The number of nitrogens with one attached hydrogen (secondary N) is 1. The van der Waals surface area contributed by atoms with Gasteiger partial charge in [-0.3, -0.25) is 4.79 Å². The summed E-state index contributed by atoms with van der Waals surface area (Å²) < 4.78 is 24.1. The van der Waals surface area contributed by atoms with E-state index in [4.69, 9.17) is 10.2 Å². The predicted molar refractivity (Wildman–Crippen MR) is 39.6 cm³/mol. The van der Waals surface area contributed by atoms with Gasteiger partial charge in [0.25, 0.3) is 6.43 Å². The summed E-state index contributed by atoms with van der Waals surface area (Å²) in [6.45, 7) is -0.607. The van der Waals surface area contributed by atoms with Crippen LogP contribution in [-0.4, -0.2) is 15.2 Å². The van der Waals surface area contributed by atoms with Crippen LogP contribution in [0, 0.1) is 0 Å². The smallest absolute Gasteiger partial charge is 0.269 e. The number of hydrogen-bond acceptors (Lipinski definition) is 3. The van der Waals surface area contributed by atoms with E-state index in [0.29, 0.717) is 0 Å². The van der Waals surface area contributed by atoms with Crippen molar-refractivity contribution < 1.29 is 19.0 Å². The first-order valence-corrected chi connectivity index (χ1v) is 3.40. The van der Waals surface area contributed by atoms with Gasteiger partial charge in [0.15, 0.2) is 5.75 Å². The SMILES string of the molecule is O=c1c(C(F)F)c[nH]c(CO)c1O. The number of aromatic amines is 1. The Hall–Kier alpha value is -1.43. The number of hydrogen-bond donors (Lipinski definition) is 3. The maximum Gasteiger partial charge on any atom is 0.269 e. The van der Waals surface area contributed by atoms with E-state index in [-0.39, 0.29) is 5.69 Å². The Morgan fingerprint density at radius 1 is 1.54 bits per heavy atom. The van der Waals surface area contributed by atoms with Gasteiger partial charge < -0.3 is 15.2 Å². The van der Waals surface area contributed by atoms with Gasteiger partial charge in [0.1, 0.15) is 0 Å². The van der Waals surface area contributed by atoms with Crippen LogP contribution in [0.1, 0.15) is 17.7 Å². The predicted octanol–water partition coefficient (Wildman–Crippen LogP) is 0.510. The molecule has 4 nitrogen and oxygen atoms in total. The highest BCUT2D eigenvalue weighted by molar-refractivity contribution is 5.30. The molecule has 0 unspecified atom stereocenters. The number of aliphatic hydroxyl groups is 1. The molecule has 0 saturated heterocycles.